The predicted octanol–water partition coefficient (Wildman–Crippen LogP) is 3.56. The summed E-state index contributed by atoms with van der Waals surface area (Å²) >= 11 is 0. The molecule has 0 aromatic heterocycles. The molecule has 0 radical (unpaired) electrons. The molecule has 7 nitrogen and oxygen atoms in total. The molecule has 2 aromatic rings. The minimum atomic E-state index is -0.884. The highest BCUT2D eigenvalue weighted by Gasteiger charge is 2.55. The quantitative estimate of drug-likeness (QED) is 0.780. The third-order valence-electron chi connectivity index (χ3n) is 7.65. The van der Waals surface area contributed by atoms with Gasteiger partial charge < -0.3 is 25.0 Å². The summed E-state index contributed by atoms with van der Waals surface area (Å²) in [6.07, 6.45) is 2.68. The summed E-state index contributed by atoms with van der Waals surface area (Å²) in [6.45, 7) is 7.55. The van der Waals surface area contributed by atoms with Gasteiger partial charge in [0.1, 0.15) is 11.3 Å². The molecule has 2 N–H and O–H groups in total. The van der Waals surface area contributed by atoms with Gasteiger partial charge in [-0.3, -0.25) is 4.79 Å². The molecule has 1 fully saturated rings. The number of amidine groups is 1. The topological polar surface area (TPSA) is 80.4 Å². The van der Waals surface area contributed by atoms with Crippen molar-refractivity contribution < 1.29 is 14.3 Å². The van der Waals surface area contributed by atoms with Crippen LogP contribution in [0.25, 0.3) is 0 Å². The second kappa shape index (κ2) is 7.48. The first-order chi connectivity index (χ1) is 16.0. The Kier molecular flexibility index (Phi) is 4.66. The van der Waals surface area contributed by atoms with Gasteiger partial charge in [-0.15, -0.1) is 0 Å². The largest absolute Gasteiger partial charge is 0.454 e. The molecule has 0 bridgehead atoms. The van der Waals surface area contributed by atoms with E-state index >= 15 is 0 Å². The minimum Gasteiger partial charge on any atom is -0.454 e. The number of carbonyl (C=O) groups excluding carboxylic acids is 1. The molecule has 6 rings (SSSR count). The number of piperidine rings is 1. The van der Waals surface area contributed by atoms with E-state index in [1.807, 2.05) is 29.2 Å². The summed E-state index contributed by atoms with van der Waals surface area (Å²) in [5.74, 6) is 2.30. The predicted molar refractivity (Wildman–Crippen MR) is 127 cm³/mol. The van der Waals surface area contributed by atoms with Gasteiger partial charge in [0, 0.05) is 42.9 Å². The Hall–Kier alpha value is -3.06. The maximum absolute atomic E-state index is 14.4. The summed E-state index contributed by atoms with van der Waals surface area (Å²) in [4.78, 5) is 23.5. The van der Waals surface area contributed by atoms with E-state index in [9.17, 15) is 4.79 Å². The molecule has 1 spiro atoms. The average molecular weight is 447 g/mol. The maximum Gasteiger partial charge on any atom is 0.242 e. The molecule has 0 saturated carbocycles. The van der Waals surface area contributed by atoms with Crippen LogP contribution in [0.1, 0.15) is 44.2 Å². The maximum atomic E-state index is 14.4. The van der Waals surface area contributed by atoms with Crippen LogP contribution >= 0.6 is 0 Å². The number of amides is 1. The lowest BCUT2D eigenvalue weighted by atomic mass is 9.70. The van der Waals surface area contributed by atoms with Gasteiger partial charge in [0.2, 0.25) is 12.7 Å². The monoisotopic (exact) mass is 446 g/mol. The molecule has 2 aromatic carbocycles. The highest BCUT2D eigenvalue weighted by atomic mass is 16.7. The standard InChI is InChI=1S/C26H30N4O3/c1-16(2)29-9-5-6-17(13-29)14-30-21-8-4-3-7-18(21)26(25(30)31)12-24(27)28-20-11-23-22(10-19(20)26)32-15-33-23/h3-4,7-8,10-11,16-17H,5-6,9,12-15H2,1-2H3,(H2,27,28). The van der Waals surface area contributed by atoms with E-state index < -0.39 is 5.41 Å². The van der Waals surface area contributed by atoms with E-state index in [1.165, 1.54) is 6.42 Å². The van der Waals surface area contributed by atoms with Crippen molar-refractivity contribution in [3.8, 4) is 11.5 Å². The number of nitrogens with two attached hydrogens (primary N) is 1. The number of para-hydroxylation sites is 1. The molecule has 7 heteroatoms. The van der Waals surface area contributed by atoms with E-state index in [0.29, 0.717) is 41.4 Å². The van der Waals surface area contributed by atoms with Crippen molar-refractivity contribution in [3.63, 3.8) is 0 Å². The zero-order valence-electron chi connectivity index (χ0n) is 19.2. The van der Waals surface area contributed by atoms with E-state index in [-0.39, 0.29) is 12.7 Å². The Morgan fingerprint density at radius 2 is 1.97 bits per heavy atom. The van der Waals surface area contributed by atoms with Crippen LogP contribution in [0.3, 0.4) is 0 Å². The third-order valence-corrected chi connectivity index (χ3v) is 7.65. The van der Waals surface area contributed by atoms with Gasteiger partial charge in [0.05, 0.1) is 5.69 Å². The number of ether oxygens (including phenoxy) is 2. The zero-order valence-corrected chi connectivity index (χ0v) is 19.2. The van der Waals surface area contributed by atoms with Crippen LogP contribution in [-0.4, -0.2) is 49.1 Å². The number of benzene rings is 2. The molecule has 172 valence electrons. The fraction of sp³-hybridized carbons (Fsp3) is 0.462. The van der Waals surface area contributed by atoms with E-state index in [0.717, 1.165) is 42.9 Å². The lowest BCUT2D eigenvalue weighted by Gasteiger charge is -2.38. The van der Waals surface area contributed by atoms with Crippen molar-refractivity contribution in [1.29, 1.82) is 0 Å². The van der Waals surface area contributed by atoms with Crippen molar-refractivity contribution in [3.05, 3.63) is 47.5 Å². The fourth-order valence-corrected chi connectivity index (χ4v) is 6.04. The molecular weight excluding hydrogens is 416 g/mol. The Labute approximate surface area is 194 Å². The van der Waals surface area contributed by atoms with Gasteiger partial charge in [0.15, 0.2) is 11.5 Å². The number of aliphatic imine (C=N–C) groups is 1. The second-order valence-corrected chi connectivity index (χ2v) is 9.94. The first-order valence-corrected chi connectivity index (χ1v) is 11.9. The number of hydrogen-bond donors (Lipinski definition) is 1. The third kappa shape index (κ3) is 3.05. The molecule has 1 saturated heterocycles. The molecular formula is C26H30N4O3. The molecule has 4 aliphatic heterocycles. The van der Waals surface area contributed by atoms with Crippen LogP contribution in [0.4, 0.5) is 11.4 Å². The SMILES string of the molecule is CC(C)N1CCCC(CN2C(=O)C3(CC(N)=Nc4cc5c(cc43)OCO5)c3ccccc32)C1. The van der Waals surface area contributed by atoms with Gasteiger partial charge in [-0.05, 0) is 56.8 Å². The van der Waals surface area contributed by atoms with Crippen LogP contribution in [0, 0.1) is 5.92 Å². The molecule has 2 atom stereocenters. The van der Waals surface area contributed by atoms with Crippen LogP contribution < -0.4 is 20.1 Å². The van der Waals surface area contributed by atoms with Crippen LogP contribution in [0.15, 0.2) is 41.4 Å². The number of anilines is 1. The number of likely N-dealkylation sites (tertiary alicyclic amines) is 1. The first kappa shape index (κ1) is 20.5. The van der Waals surface area contributed by atoms with E-state index in [1.54, 1.807) is 0 Å². The average Bonchev–Trinajstić information content (AvgIpc) is 3.35. The number of hydrogen-bond acceptors (Lipinski definition) is 6. The van der Waals surface area contributed by atoms with Gasteiger partial charge in [0.25, 0.3) is 0 Å². The Balaban J connectivity index is 1.43. The molecule has 4 heterocycles. The van der Waals surface area contributed by atoms with Crippen LogP contribution in [0.2, 0.25) is 0 Å². The number of carbonyl (C=O) groups is 1. The molecule has 0 aliphatic carbocycles. The van der Waals surface area contributed by atoms with E-state index in [4.69, 9.17) is 15.2 Å². The van der Waals surface area contributed by atoms with Crippen LogP contribution in [0.5, 0.6) is 11.5 Å². The Bertz CT molecular complexity index is 1160. The van der Waals surface area contributed by atoms with Crippen molar-refractivity contribution in [2.45, 2.75) is 44.6 Å². The van der Waals surface area contributed by atoms with Crippen molar-refractivity contribution in [1.82, 2.24) is 4.90 Å². The van der Waals surface area contributed by atoms with Gasteiger partial charge >= 0.3 is 0 Å². The van der Waals surface area contributed by atoms with Gasteiger partial charge in [-0.25, -0.2) is 4.99 Å². The number of rotatable bonds is 3. The smallest absolute Gasteiger partial charge is 0.242 e. The number of nitrogens with zero attached hydrogens (tertiary/aromatic N) is 3. The summed E-state index contributed by atoms with van der Waals surface area (Å²) in [5, 5.41) is 0. The zero-order chi connectivity index (χ0) is 22.7. The lowest BCUT2D eigenvalue weighted by Crippen LogP contribution is -2.48. The van der Waals surface area contributed by atoms with Gasteiger partial charge in [-0.2, -0.15) is 0 Å². The van der Waals surface area contributed by atoms with E-state index in [2.05, 4.69) is 35.9 Å². The molecule has 2 unspecified atom stereocenters. The molecule has 1 amide bonds. The lowest BCUT2D eigenvalue weighted by molar-refractivity contribution is -0.121. The summed E-state index contributed by atoms with van der Waals surface area (Å²) in [5.41, 5.74) is 9.01. The molecule has 33 heavy (non-hydrogen) atoms. The fourth-order valence-electron chi connectivity index (χ4n) is 6.04. The van der Waals surface area contributed by atoms with Gasteiger partial charge in [-0.1, -0.05) is 18.2 Å². The Morgan fingerprint density at radius 3 is 2.79 bits per heavy atom. The minimum absolute atomic E-state index is 0.0864. The normalized spacial score (nSPS) is 26.0. The highest BCUT2D eigenvalue weighted by molar-refractivity contribution is 6.14. The van der Waals surface area contributed by atoms with Crippen molar-refractivity contribution >= 4 is 23.1 Å². The van der Waals surface area contributed by atoms with Crippen molar-refractivity contribution in [2.75, 3.05) is 31.3 Å². The summed E-state index contributed by atoms with van der Waals surface area (Å²) in [7, 11) is 0. The second-order valence-electron chi connectivity index (χ2n) is 9.94. The summed E-state index contributed by atoms with van der Waals surface area (Å²) in [6, 6.07) is 12.5. The van der Waals surface area contributed by atoms with Crippen molar-refractivity contribution in [2.24, 2.45) is 16.6 Å². The first-order valence-electron chi connectivity index (χ1n) is 11.9. The summed E-state index contributed by atoms with van der Waals surface area (Å²) < 4.78 is 11.2. The Morgan fingerprint density at radius 1 is 1.18 bits per heavy atom. The highest BCUT2D eigenvalue weighted by Crippen LogP contribution is 2.55. The van der Waals surface area contributed by atoms with Crippen LogP contribution in [-0.2, 0) is 10.2 Å². The number of fused-ring (bicyclic) bond motifs is 5. The molecule has 4 aliphatic rings.